The fraction of sp³-hybridized carbons (Fsp3) is 0.786. The summed E-state index contributed by atoms with van der Waals surface area (Å²) in [5, 5.41) is 0. The number of ether oxygens (including phenoxy) is 1. The topological polar surface area (TPSA) is 89.2 Å². The Bertz CT molecular complexity index is 451. The van der Waals surface area contributed by atoms with Gasteiger partial charge in [-0.05, 0) is 39.0 Å². The van der Waals surface area contributed by atoms with Gasteiger partial charge >= 0.3 is 6.01 Å². The summed E-state index contributed by atoms with van der Waals surface area (Å²) < 4.78 is 6.01. The highest BCUT2D eigenvalue weighted by atomic mass is 16.5. The van der Waals surface area contributed by atoms with Crippen LogP contribution in [-0.2, 0) is 0 Å². The van der Waals surface area contributed by atoms with Crippen LogP contribution in [0.4, 0.5) is 11.9 Å². The SMILES string of the molecule is CCN(CC)c1nc(NN)nc(OC2CCCCC2C)n1. The predicted octanol–water partition coefficient (Wildman–Crippen LogP) is 1.96. The standard InChI is InChI=1S/C14H26N6O/c1-4-20(5-2)13-16-12(19-15)17-14(18-13)21-11-9-7-6-8-10(11)3/h10-11H,4-9,15H2,1-3H3,(H,16,17,18,19). The molecule has 1 aliphatic carbocycles. The molecule has 1 aromatic heterocycles. The van der Waals surface area contributed by atoms with Gasteiger partial charge in [-0.2, -0.15) is 15.0 Å². The third-order valence-electron chi connectivity index (χ3n) is 4.07. The fourth-order valence-corrected chi connectivity index (χ4v) is 2.70. The largest absolute Gasteiger partial charge is 0.460 e. The molecule has 2 rings (SSSR count). The molecule has 2 unspecified atom stereocenters. The Morgan fingerprint density at radius 1 is 1.19 bits per heavy atom. The van der Waals surface area contributed by atoms with Crippen molar-refractivity contribution in [2.75, 3.05) is 23.4 Å². The highest BCUT2D eigenvalue weighted by Gasteiger charge is 2.24. The normalized spacial score (nSPS) is 21.9. The molecule has 1 aromatic rings. The molecule has 0 bridgehead atoms. The number of nitrogen functional groups attached to an aromatic ring is 1. The lowest BCUT2D eigenvalue weighted by molar-refractivity contribution is 0.0923. The molecule has 1 saturated carbocycles. The summed E-state index contributed by atoms with van der Waals surface area (Å²) in [6.07, 6.45) is 4.90. The smallest absolute Gasteiger partial charge is 0.323 e. The minimum absolute atomic E-state index is 0.177. The van der Waals surface area contributed by atoms with Crippen LogP contribution < -0.4 is 20.9 Å². The van der Waals surface area contributed by atoms with Gasteiger partial charge in [-0.25, -0.2) is 5.84 Å². The van der Waals surface area contributed by atoms with Gasteiger partial charge in [0.15, 0.2) is 0 Å². The van der Waals surface area contributed by atoms with Crippen molar-refractivity contribution in [2.24, 2.45) is 11.8 Å². The van der Waals surface area contributed by atoms with Crippen LogP contribution in [0, 0.1) is 5.92 Å². The van der Waals surface area contributed by atoms with E-state index in [2.05, 4.69) is 41.1 Å². The van der Waals surface area contributed by atoms with E-state index < -0.39 is 0 Å². The lowest BCUT2D eigenvalue weighted by atomic mass is 9.88. The summed E-state index contributed by atoms with van der Waals surface area (Å²) in [4.78, 5) is 15.0. The van der Waals surface area contributed by atoms with Gasteiger partial charge in [0.1, 0.15) is 6.10 Å². The van der Waals surface area contributed by atoms with Crippen LogP contribution in [0.2, 0.25) is 0 Å². The van der Waals surface area contributed by atoms with E-state index in [1.807, 2.05) is 4.90 Å². The van der Waals surface area contributed by atoms with E-state index in [4.69, 9.17) is 10.6 Å². The van der Waals surface area contributed by atoms with Gasteiger partial charge in [0, 0.05) is 13.1 Å². The van der Waals surface area contributed by atoms with Gasteiger partial charge in [-0.1, -0.05) is 13.3 Å². The van der Waals surface area contributed by atoms with Gasteiger partial charge in [-0.3, -0.25) is 5.43 Å². The molecule has 0 saturated heterocycles. The molecule has 0 spiro atoms. The van der Waals surface area contributed by atoms with E-state index in [1.54, 1.807) is 0 Å². The monoisotopic (exact) mass is 294 g/mol. The molecule has 7 nitrogen and oxygen atoms in total. The molecule has 3 N–H and O–H groups in total. The number of hydrazine groups is 1. The third kappa shape index (κ3) is 3.93. The van der Waals surface area contributed by atoms with Crippen LogP contribution >= 0.6 is 0 Å². The molecule has 0 amide bonds. The second-order valence-electron chi connectivity index (χ2n) is 5.48. The average molecular weight is 294 g/mol. The number of hydrogen-bond acceptors (Lipinski definition) is 7. The molecule has 2 atom stereocenters. The third-order valence-corrected chi connectivity index (χ3v) is 4.07. The lowest BCUT2D eigenvalue weighted by Crippen LogP contribution is -2.30. The molecular formula is C14H26N6O. The number of anilines is 2. The summed E-state index contributed by atoms with van der Waals surface area (Å²) in [5.41, 5.74) is 2.49. The van der Waals surface area contributed by atoms with E-state index in [0.29, 0.717) is 23.8 Å². The van der Waals surface area contributed by atoms with E-state index in [9.17, 15) is 0 Å². The zero-order valence-corrected chi connectivity index (χ0v) is 13.2. The highest BCUT2D eigenvalue weighted by molar-refractivity contribution is 5.37. The van der Waals surface area contributed by atoms with E-state index in [-0.39, 0.29) is 6.10 Å². The van der Waals surface area contributed by atoms with Crippen molar-refractivity contribution in [3.63, 3.8) is 0 Å². The first kappa shape index (κ1) is 15.8. The maximum absolute atomic E-state index is 6.01. The maximum atomic E-state index is 6.01. The molecular weight excluding hydrogens is 268 g/mol. The first-order valence-electron chi connectivity index (χ1n) is 7.82. The molecule has 0 aliphatic heterocycles. The summed E-state index contributed by atoms with van der Waals surface area (Å²) in [6, 6.07) is 0.360. The summed E-state index contributed by atoms with van der Waals surface area (Å²) in [7, 11) is 0. The van der Waals surface area contributed by atoms with Crippen molar-refractivity contribution >= 4 is 11.9 Å². The van der Waals surface area contributed by atoms with Gasteiger partial charge < -0.3 is 9.64 Å². The van der Waals surface area contributed by atoms with Crippen molar-refractivity contribution in [1.82, 2.24) is 15.0 Å². The van der Waals surface area contributed by atoms with E-state index >= 15 is 0 Å². The Morgan fingerprint density at radius 2 is 1.90 bits per heavy atom. The second kappa shape index (κ2) is 7.40. The first-order valence-corrected chi connectivity index (χ1v) is 7.82. The Balaban J connectivity index is 2.19. The number of aromatic nitrogens is 3. The molecule has 0 radical (unpaired) electrons. The zero-order chi connectivity index (χ0) is 15.2. The Hall–Kier alpha value is -1.63. The maximum Gasteiger partial charge on any atom is 0.323 e. The van der Waals surface area contributed by atoms with Gasteiger partial charge in [0.05, 0.1) is 0 Å². The van der Waals surface area contributed by atoms with Gasteiger partial charge in [0.25, 0.3) is 0 Å². The van der Waals surface area contributed by atoms with Crippen LogP contribution in [0.3, 0.4) is 0 Å². The van der Waals surface area contributed by atoms with Gasteiger partial charge in [-0.15, -0.1) is 0 Å². The minimum Gasteiger partial charge on any atom is -0.460 e. The highest BCUT2D eigenvalue weighted by Crippen LogP contribution is 2.27. The van der Waals surface area contributed by atoms with Crippen LogP contribution in [0.25, 0.3) is 0 Å². The Labute approximate surface area is 126 Å². The van der Waals surface area contributed by atoms with Crippen molar-refractivity contribution in [1.29, 1.82) is 0 Å². The number of nitrogens with two attached hydrogens (primary N) is 1. The Kier molecular flexibility index (Phi) is 5.55. The second-order valence-corrected chi connectivity index (χ2v) is 5.48. The van der Waals surface area contributed by atoms with Crippen molar-refractivity contribution < 1.29 is 4.74 Å². The van der Waals surface area contributed by atoms with E-state index in [1.165, 1.54) is 19.3 Å². The van der Waals surface area contributed by atoms with Crippen LogP contribution in [0.1, 0.15) is 46.5 Å². The van der Waals surface area contributed by atoms with Gasteiger partial charge in [0.2, 0.25) is 11.9 Å². The summed E-state index contributed by atoms with van der Waals surface area (Å²) >= 11 is 0. The molecule has 1 heterocycles. The molecule has 118 valence electrons. The number of hydrogen-bond donors (Lipinski definition) is 2. The molecule has 7 heteroatoms. The zero-order valence-electron chi connectivity index (χ0n) is 13.2. The first-order chi connectivity index (χ1) is 10.2. The molecule has 1 aliphatic rings. The fourth-order valence-electron chi connectivity index (χ4n) is 2.70. The average Bonchev–Trinajstić information content (AvgIpc) is 2.50. The number of nitrogens with zero attached hydrogens (tertiary/aromatic N) is 4. The number of rotatable bonds is 6. The quantitative estimate of drug-likeness (QED) is 0.612. The van der Waals surface area contributed by atoms with Crippen molar-refractivity contribution in [3.8, 4) is 6.01 Å². The molecule has 0 aromatic carbocycles. The van der Waals surface area contributed by atoms with Crippen LogP contribution in [0.15, 0.2) is 0 Å². The Morgan fingerprint density at radius 3 is 2.52 bits per heavy atom. The van der Waals surface area contributed by atoms with Crippen LogP contribution in [-0.4, -0.2) is 34.1 Å². The van der Waals surface area contributed by atoms with Crippen molar-refractivity contribution in [3.05, 3.63) is 0 Å². The lowest BCUT2D eigenvalue weighted by Gasteiger charge is -2.28. The van der Waals surface area contributed by atoms with Crippen molar-refractivity contribution in [2.45, 2.75) is 52.6 Å². The van der Waals surface area contributed by atoms with Crippen LogP contribution in [0.5, 0.6) is 6.01 Å². The summed E-state index contributed by atoms with van der Waals surface area (Å²) in [6.45, 7) is 7.99. The molecule has 1 fully saturated rings. The number of nitrogens with one attached hydrogen (secondary N) is 1. The molecule has 21 heavy (non-hydrogen) atoms. The van der Waals surface area contributed by atoms with E-state index in [0.717, 1.165) is 19.5 Å². The predicted molar refractivity (Wildman–Crippen MR) is 83.2 cm³/mol. The summed E-state index contributed by atoms with van der Waals surface area (Å²) in [5.74, 6) is 6.92. The minimum atomic E-state index is 0.177.